The highest BCUT2D eigenvalue weighted by Gasteiger charge is 2.39. The number of hydrogen-bond acceptors (Lipinski definition) is 3. The van der Waals surface area contributed by atoms with E-state index in [-0.39, 0.29) is 6.04 Å². The summed E-state index contributed by atoms with van der Waals surface area (Å²) in [6.07, 6.45) is 3.42. The molecule has 6 heteroatoms. The molecule has 1 fully saturated rings. The van der Waals surface area contributed by atoms with Crippen LogP contribution in [0.25, 0.3) is 0 Å². The summed E-state index contributed by atoms with van der Waals surface area (Å²) in [5.74, 6) is 0.499. The van der Waals surface area contributed by atoms with Gasteiger partial charge in [-0.05, 0) is 25.0 Å². The summed E-state index contributed by atoms with van der Waals surface area (Å²) in [5.41, 5.74) is 0. The van der Waals surface area contributed by atoms with E-state index in [0.717, 1.165) is 12.8 Å². The third-order valence-electron chi connectivity index (χ3n) is 2.46. The highest BCUT2D eigenvalue weighted by atomic mass is 32.2. The standard InChI is InChI=1S/C10H15N3O2S/c1-12(2)16(14,15)13(9-6-7-9)10-5-3-4-8-11-10/h3-5,8-9H,6-7H2,1-2H3. The zero-order valence-electron chi connectivity index (χ0n) is 9.37. The minimum atomic E-state index is -3.42. The Hall–Kier alpha value is -1.14. The molecular formula is C10H15N3O2S. The van der Waals surface area contributed by atoms with Crippen molar-refractivity contribution in [2.45, 2.75) is 18.9 Å². The van der Waals surface area contributed by atoms with E-state index in [1.807, 2.05) is 0 Å². The summed E-state index contributed by atoms with van der Waals surface area (Å²) < 4.78 is 26.9. The molecule has 1 aromatic heterocycles. The topological polar surface area (TPSA) is 53.5 Å². The second-order valence-electron chi connectivity index (χ2n) is 4.01. The lowest BCUT2D eigenvalue weighted by atomic mass is 10.4. The van der Waals surface area contributed by atoms with E-state index in [0.29, 0.717) is 5.82 Å². The molecule has 0 aromatic carbocycles. The SMILES string of the molecule is CN(C)S(=O)(=O)N(c1ccccn1)C1CC1. The maximum atomic E-state index is 12.1. The molecular weight excluding hydrogens is 226 g/mol. The van der Waals surface area contributed by atoms with Gasteiger partial charge in [0.15, 0.2) is 0 Å². The van der Waals surface area contributed by atoms with Crippen LogP contribution in [0.15, 0.2) is 24.4 Å². The average Bonchev–Trinajstić information content (AvgIpc) is 3.03. The summed E-state index contributed by atoms with van der Waals surface area (Å²) in [4.78, 5) is 4.11. The van der Waals surface area contributed by atoms with Crippen LogP contribution in [0, 0.1) is 0 Å². The van der Waals surface area contributed by atoms with Crippen molar-refractivity contribution in [2.75, 3.05) is 18.4 Å². The maximum Gasteiger partial charge on any atom is 0.305 e. The summed E-state index contributed by atoms with van der Waals surface area (Å²) in [6, 6.07) is 5.36. The molecule has 88 valence electrons. The van der Waals surface area contributed by atoms with Gasteiger partial charge < -0.3 is 0 Å². The quantitative estimate of drug-likeness (QED) is 0.785. The maximum absolute atomic E-state index is 12.1. The normalized spacial score (nSPS) is 16.4. The zero-order chi connectivity index (χ0) is 11.8. The Morgan fingerprint density at radius 2 is 2.00 bits per heavy atom. The molecule has 1 aliphatic carbocycles. The van der Waals surface area contributed by atoms with Crippen LogP contribution >= 0.6 is 0 Å². The second kappa shape index (κ2) is 4.03. The highest BCUT2D eigenvalue weighted by Crippen LogP contribution is 2.33. The van der Waals surface area contributed by atoms with E-state index in [1.165, 1.54) is 22.7 Å². The first kappa shape index (κ1) is 11.3. The predicted octanol–water partition coefficient (Wildman–Crippen LogP) is 0.857. The van der Waals surface area contributed by atoms with Crippen molar-refractivity contribution in [2.24, 2.45) is 0 Å². The molecule has 0 saturated heterocycles. The number of aromatic nitrogens is 1. The van der Waals surface area contributed by atoms with Crippen molar-refractivity contribution in [3.05, 3.63) is 24.4 Å². The fourth-order valence-corrected chi connectivity index (χ4v) is 2.75. The van der Waals surface area contributed by atoms with Crippen molar-refractivity contribution >= 4 is 16.0 Å². The molecule has 5 nitrogen and oxygen atoms in total. The lowest BCUT2D eigenvalue weighted by Gasteiger charge is -2.26. The summed E-state index contributed by atoms with van der Waals surface area (Å²) in [5, 5.41) is 0. The van der Waals surface area contributed by atoms with Crippen molar-refractivity contribution in [3.63, 3.8) is 0 Å². The zero-order valence-corrected chi connectivity index (χ0v) is 10.2. The Kier molecular flexibility index (Phi) is 2.86. The smallest absolute Gasteiger partial charge is 0.238 e. The van der Waals surface area contributed by atoms with Gasteiger partial charge in [0.2, 0.25) is 0 Å². The fourth-order valence-electron chi connectivity index (χ4n) is 1.46. The molecule has 1 heterocycles. The molecule has 0 N–H and O–H groups in total. The van der Waals surface area contributed by atoms with Crippen molar-refractivity contribution < 1.29 is 8.42 Å². The minimum Gasteiger partial charge on any atom is -0.238 e. The van der Waals surface area contributed by atoms with E-state index in [1.54, 1.807) is 24.4 Å². The van der Waals surface area contributed by atoms with E-state index in [9.17, 15) is 8.42 Å². The molecule has 2 rings (SSSR count). The minimum absolute atomic E-state index is 0.0716. The number of nitrogens with zero attached hydrogens (tertiary/aromatic N) is 3. The van der Waals surface area contributed by atoms with Gasteiger partial charge in [-0.1, -0.05) is 6.07 Å². The van der Waals surface area contributed by atoms with E-state index in [2.05, 4.69) is 4.98 Å². The predicted molar refractivity (Wildman–Crippen MR) is 62.3 cm³/mol. The van der Waals surface area contributed by atoms with Crippen LogP contribution in [0.5, 0.6) is 0 Å². The van der Waals surface area contributed by atoms with Gasteiger partial charge in [0.05, 0.1) is 0 Å². The summed E-state index contributed by atoms with van der Waals surface area (Å²) in [6.45, 7) is 0. The Labute approximate surface area is 95.9 Å². The largest absolute Gasteiger partial charge is 0.305 e. The van der Waals surface area contributed by atoms with E-state index in [4.69, 9.17) is 0 Å². The fraction of sp³-hybridized carbons (Fsp3) is 0.500. The Balaban J connectivity index is 2.39. The second-order valence-corrected chi connectivity index (χ2v) is 6.02. The van der Waals surface area contributed by atoms with Crippen LogP contribution in [0.4, 0.5) is 5.82 Å². The first-order valence-electron chi connectivity index (χ1n) is 5.16. The molecule has 0 radical (unpaired) electrons. The van der Waals surface area contributed by atoms with Crippen LogP contribution in [0.2, 0.25) is 0 Å². The first-order valence-corrected chi connectivity index (χ1v) is 6.56. The van der Waals surface area contributed by atoms with Gasteiger partial charge in [-0.25, -0.2) is 9.29 Å². The number of rotatable bonds is 4. The number of anilines is 1. The molecule has 16 heavy (non-hydrogen) atoms. The summed E-state index contributed by atoms with van der Waals surface area (Å²) in [7, 11) is -0.354. The van der Waals surface area contributed by atoms with Gasteiger partial charge in [-0.2, -0.15) is 12.7 Å². The monoisotopic (exact) mass is 241 g/mol. The van der Waals surface area contributed by atoms with Crippen LogP contribution in [-0.4, -0.2) is 37.8 Å². The average molecular weight is 241 g/mol. The van der Waals surface area contributed by atoms with Gasteiger partial charge in [0.25, 0.3) is 0 Å². The third kappa shape index (κ3) is 2.03. The van der Waals surface area contributed by atoms with Gasteiger partial charge in [-0.15, -0.1) is 0 Å². The van der Waals surface area contributed by atoms with Crippen LogP contribution in [0.3, 0.4) is 0 Å². The van der Waals surface area contributed by atoms with Gasteiger partial charge >= 0.3 is 10.2 Å². The van der Waals surface area contributed by atoms with Crippen LogP contribution < -0.4 is 4.31 Å². The van der Waals surface area contributed by atoms with Gasteiger partial charge in [0, 0.05) is 26.3 Å². The van der Waals surface area contributed by atoms with Crippen molar-refractivity contribution in [1.29, 1.82) is 0 Å². The summed E-state index contributed by atoms with van der Waals surface area (Å²) >= 11 is 0. The molecule has 0 amide bonds. The van der Waals surface area contributed by atoms with E-state index >= 15 is 0 Å². The van der Waals surface area contributed by atoms with Gasteiger partial charge in [-0.3, -0.25) is 0 Å². The molecule has 0 spiro atoms. The van der Waals surface area contributed by atoms with Crippen LogP contribution in [-0.2, 0) is 10.2 Å². The molecule has 1 saturated carbocycles. The molecule has 1 aromatic rings. The molecule has 0 atom stereocenters. The molecule has 1 aliphatic rings. The lowest BCUT2D eigenvalue weighted by molar-refractivity contribution is 0.514. The van der Waals surface area contributed by atoms with Gasteiger partial charge in [0.1, 0.15) is 5.82 Å². The number of pyridine rings is 1. The Morgan fingerprint density at radius 1 is 1.31 bits per heavy atom. The Bertz CT molecular complexity index is 454. The lowest BCUT2D eigenvalue weighted by Crippen LogP contribution is -2.42. The van der Waals surface area contributed by atoms with Crippen molar-refractivity contribution in [1.82, 2.24) is 9.29 Å². The highest BCUT2D eigenvalue weighted by molar-refractivity contribution is 7.90. The first-order chi connectivity index (χ1) is 7.53. The number of hydrogen-bond donors (Lipinski definition) is 0. The molecule has 0 bridgehead atoms. The van der Waals surface area contributed by atoms with Crippen LogP contribution in [0.1, 0.15) is 12.8 Å². The third-order valence-corrected chi connectivity index (χ3v) is 4.37. The molecule has 0 unspecified atom stereocenters. The molecule has 0 aliphatic heterocycles. The van der Waals surface area contributed by atoms with E-state index < -0.39 is 10.2 Å². The Morgan fingerprint density at radius 3 is 2.44 bits per heavy atom. The van der Waals surface area contributed by atoms with Crippen molar-refractivity contribution in [3.8, 4) is 0 Å².